The van der Waals surface area contributed by atoms with E-state index in [2.05, 4.69) is 11.8 Å². The standard InChI is InChI=1S/C13H22N2O3S2/c1-5-15(7-8-17-3)12-10(19-4)9(14)11(20-12)13(16)18-6-2/h5-8,14H2,1-4H3. The highest BCUT2D eigenvalue weighted by molar-refractivity contribution is 7.99. The fraction of sp³-hybridized carbons (Fsp3) is 0.615. The van der Waals surface area contributed by atoms with Crippen LogP contribution in [0.25, 0.3) is 0 Å². The van der Waals surface area contributed by atoms with E-state index in [-0.39, 0.29) is 5.97 Å². The number of nitrogens with zero attached hydrogens (tertiary/aromatic N) is 1. The molecular formula is C13H22N2O3S2. The summed E-state index contributed by atoms with van der Waals surface area (Å²) in [6, 6.07) is 0. The summed E-state index contributed by atoms with van der Waals surface area (Å²) in [6.07, 6.45) is 1.96. The van der Waals surface area contributed by atoms with E-state index in [0.717, 1.165) is 23.0 Å². The number of thiophene rings is 1. The van der Waals surface area contributed by atoms with Gasteiger partial charge in [-0.15, -0.1) is 23.1 Å². The van der Waals surface area contributed by atoms with Crippen molar-refractivity contribution in [1.29, 1.82) is 0 Å². The van der Waals surface area contributed by atoms with Crippen molar-refractivity contribution in [3.05, 3.63) is 4.88 Å². The first-order chi connectivity index (χ1) is 9.60. The second-order valence-electron chi connectivity index (χ2n) is 3.98. The summed E-state index contributed by atoms with van der Waals surface area (Å²) in [6.45, 7) is 6.44. The van der Waals surface area contributed by atoms with E-state index in [1.54, 1.807) is 25.8 Å². The first kappa shape index (κ1) is 17.1. The molecule has 0 unspecified atom stereocenters. The summed E-state index contributed by atoms with van der Waals surface area (Å²) in [7, 11) is 1.68. The van der Waals surface area contributed by atoms with Crippen LogP contribution < -0.4 is 10.6 Å². The van der Waals surface area contributed by atoms with E-state index >= 15 is 0 Å². The summed E-state index contributed by atoms with van der Waals surface area (Å²) in [4.78, 5) is 15.5. The van der Waals surface area contributed by atoms with Gasteiger partial charge in [0, 0.05) is 20.2 Å². The van der Waals surface area contributed by atoms with Gasteiger partial charge in [-0.1, -0.05) is 0 Å². The maximum atomic E-state index is 11.9. The molecule has 0 bridgehead atoms. The predicted molar refractivity (Wildman–Crippen MR) is 86.2 cm³/mol. The zero-order valence-corrected chi connectivity index (χ0v) is 14.0. The van der Waals surface area contributed by atoms with Crippen molar-refractivity contribution in [3.63, 3.8) is 0 Å². The van der Waals surface area contributed by atoms with Crippen LogP contribution in [-0.2, 0) is 9.47 Å². The van der Waals surface area contributed by atoms with Gasteiger partial charge in [0.2, 0.25) is 0 Å². The molecule has 1 heterocycles. The highest BCUT2D eigenvalue weighted by Gasteiger charge is 2.24. The van der Waals surface area contributed by atoms with Crippen molar-refractivity contribution in [2.45, 2.75) is 18.7 Å². The summed E-state index contributed by atoms with van der Waals surface area (Å²) in [5, 5.41) is 1.01. The Morgan fingerprint density at radius 1 is 1.45 bits per heavy atom. The van der Waals surface area contributed by atoms with Crippen LogP contribution in [0.4, 0.5) is 10.7 Å². The summed E-state index contributed by atoms with van der Waals surface area (Å²) >= 11 is 2.94. The van der Waals surface area contributed by atoms with E-state index in [9.17, 15) is 4.79 Å². The fourth-order valence-electron chi connectivity index (χ4n) is 1.77. The second-order valence-corrected chi connectivity index (χ2v) is 5.79. The van der Waals surface area contributed by atoms with Crippen LogP contribution in [0.3, 0.4) is 0 Å². The molecule has 0 aromatic carbocycles. The van der Waals surface area contributed by atoms with Crippen molar-refractivity contribution in [2.24, 2.45) is 0 Å². The number of hydrogen-bond donors (Lipinski definition) is 1. The Kier molecular flexibility index (Phi) is 7.18. The maximum Gasteiger partial charge on any atom is 0.350 e. The van der Waals surface area contributed by atoms with Crippen molar-refractivity contribution in [2.75, 3.05) is 50.3 Å². The van der Waals surface area contributed by atoms with Gasteiger partial charge in [0.05, 0.1) is 23.8 Å². The van der Waals surface area contributed by atoms with Crippen molar-refractivity contribution < 1.29 is 14.3 Å². The van der Waals surface area contributed by atoms with E-state index < -0.39 is 0 Å². The molecule has 0 spiro atoms. The molecule has 1 aromatic rings. The Bertz CT molecular complexity index is 449. The molecule has 7 heteroatoms. The van der Waals surface area contributed by atoms with Gasteiger partial charge in [-0.05, 0) is 20.1 Å². The SMILES string of the molecule is CCOC(=O)c1sc(N(CC)CCOC)c(SC)c1N. The maximum absolute atomic E-state index is 11.9. The molecule has 0 atom stereocenters. The van der Waals surface area contributed by atoms with Crippen LogP contribution in [0, 0.1) is 0 Å². The van der Waals surface area contributed by atoms with Gasteiger partial charge in [0.25, 0.3) is 0 Å². The molecule has 0 fully saturated rings. The van der Waals surface area contributed by atoms with Gasteiger partial charge in [-0.3, -0.25) is 0 Å². The molecule has 0 saturated heterocycles. The third kappa shape index (κ3) is 3.80. The number of rotatable bonds is 8. The molecule has 0 saturated carbocycles. The quantitative estimate of drug-likeness (QED) is 0.587. The normalized spacial score (nSPS) is 10.6. The fourth-order valence-corrected chi connectivity index (χ4v) is 3.94. The number of carbonyl (C=O) groups excluding carboxylic acids is 1. The van der Waals surface area contributed by atoms with E-state index in [0.29, 0.717) is 23.8 Å². The van der Waals surface area contributed by atoms with Crippen LogP contribution >= 0.6 is 23.1 Å². The topological polar surface area (TPSA) is 64.8 Å². The van der Waals surface area contributed by atoms with Gasteiger partial charge in [0.15, 0.2) is 0 Å². The van der Waals surface area contributed by atoms with Gasteiger partial charge in [-0.25, -0.2) is 4.79 Å². The number of hydrogen-bond acceptors (Lipinski definition) is 7. The Morgan fingerprint density at radius 3 is 2.65 bits per heavy atom. The molecule has 0 aliphatic heterocycles. The molecule has 5 nitrogen and oxygen atoms in total. The average Bonchev–Trinajstić information content (AvgIpc) is 2.77. The lowest BCUT2D eigenvalue weighted by molar-refractivity contribution is 0.0533. The molecule has 114 valence electrons. The molecule has 0 aliphatic carbocycles. The third-order valence-corrected chi connectivity index (χ3v) is 4.98. The largest absolute Gasteiger partial charge is 0.462 e. The zero-order chi connectivity index (χ0) is 15.1. The lowest BCUT2D eigenvalue weighted by Gasteiger charge is -2.22. The molecule has 20 heavy (non-hydrogen) atoms. The third-order valence-electron chi connectivity index (χ3n) is 2.78. The van der Waals surface area contributed by atoms with Crippen molar-refractivity contribution >= 4 is 39.8 Å². The number of ether oxygens (including phenoxy) is 2. The number of nitrogens with two attached hydrogens (primary N) is 1. The van der Waals surface area contributed by atoms with Crippen molar-refractivity contribution in [1.82, 2.24) is 0 Å². The predicted octanol–water partition coefficient (Wildman–Crippen LogP) is 2.70. The number of anilines is 2. The van der Waals surface area contributed by atoms with E-state index in [1.807, 2.05) is 6.26 Å². The highest BCUT2D eigenvalue weighted by Crippen LogP contribution is 2.44. The minimum absolute atomic E-state index is 0.348. The molecule has 2 N–H and O–H groups in total. The lowest BCUT2D eigenvalue weighted by Crippen LogP contribution is -2.26. The van der Waals surface area contributed by atoms with Gasteiger partial charge < -0.3 is 20.1 Å². The summed E-state index contributed by atoms with van der Waals surface area (Å²) in [5.74, 6) is -0.348. The number of nitrogen functional groups attached to an aromatic ring is 1. The van der Waals surface area contributed by atoms with Gasteiger partial charge in [-0.2, -0.15) is 0 Å². The van der Waals surface area contributed by atoms with Crippen LogP contribution in [0.5, 0.6) is 0 Å². The minimum atomic E-state index is -0.348. The molecule has 1 aromatic heterocycles. The molecule has 0 radical (unpaired) electrons. The zero-order valence-electron chi connectivity index (χ0n) is 12.4. The number of likely N-dealkylation sites (N-methyl/N-ethyl adjacent to an activating group) is 1. The Morgan fingerprint density at radius 2 is 2.15 bits per heavy atom. The van der Waals surface area contributed by atoms with Crippen LogP contribution in [0.2, 0.25) is 0 Å². The monoisotopic (exact) mass is 318 g/mol. The van der Waals surface area contributed by atoms with Gasteiger partial charge >= 0.3 is 5.97 Å². The van der Waals surface area contributed by atoms with Crippen molar-refractivity contribution in [3.8, 4) is 0 Å². The number of esters is 1. The number of methoxy groups -OCH3 is 1. The summed E-state index contributed by atoms with van der Waals surface area (Å²) in [5.41, 5.74) is 6.62. The van der Waals surface area contributed by atoms with Crippen LogP contribution in [-0.4, -0.2) is 45.6 Å². The lowest BCUT2D eigenvalue weighted by atomic mass is 10.3. The highest BCUT2D eigenvalue weighted by atomic mass is 32.2. The van der Waals surface area contributed by atoms with E-state index in [4.69, 9.17) is 15.2 Å². The van der Waals surface area contributed by atoms with Crippen LogP contribution in [0.15, 0.2) is 4.90 Å². The molecule has 1 rings (SSSR count). The van der Waals surface area contributed by atoms with E-state index in [1.165, 1.54) is 11.3 Å². The first-order valence-electron chi connectivity index (χ1n) is 6.47. The van der Waals surface area contributed by atoms with Gasteiger partial charge in [0.1, 0.15) is 9.88 Å². The molecule has 0 amide bonds. The first-order valence-corrected chi connectivity index (χ1v) is 8.51. The Hall–Kier alpha value is -0.920. The van der Waals surface area contributed by atoms with Crippen LogP contribution in [0.1, 0.15) is 23.5 Å². The second kappa shape index (κ2) is 8.39. The Labute approximate surface area is 128 Å². The Balaban J connectivity index is 3.11. The smallest absolute Gasteiger partial charge is 0.350 e. The molecular weight excluding hydrogens is 296 g/mol. The molecule has 0 aliphatic rings. The average molecular weight is 318 g/mol. The number of carbonyl (C=O) groups is 1. The summed E-state index contributed by atoms with van der Waals surface area (Å²) < 4.78 is 10.2. The number of thioether (sulfide) groups is 1. The minimum Gasteiger partial charge on any atom is -0.462 e.